The van der Waals surface area contributed by atoms with Crippen molar-refractivity contribution in [2.75, 3.05) is 12.8 Å². The molecule has 0 radical (unpaired) electrons. The van der Waals surface area contributed by atoms with Gasteiger partial charge in [0.2, 0.25) is 11.8 Å². The van der Waals surface area contributed by atoms with Gasteiger partial charge in [-0.25, -0.2) is 4.98 Å². The van der Waals surface area contributed by atoms with Gasteiger partial charge in [-0.1, -0.05) is 0 Å². The molecule has 0 bridgehead atoms. The van der Waals surface area contributed by atoms with Crippen LogP contribution in [0.1, 0.15) is 5.56 Å². The average Bonchev–Trinajstić information content (AvgIpc) is 2.42. The van der Waals surface area contributed by atoms with E-state index in [2.05, 4.69) is 25.9 Å². The zero-order valence-electron chi connectivity index (χ0n) is 9.92. The molecular weight excluding hydrogens is 312 g/mol. The maximum atomic E-state index is 8.93. The van der Waals surface area contributed by atoms with Crippen LogP contribution in [-0.4, -0.2) is 17.1 Å². The van der Waals surface area contributed by atoms with Crippen molar-refractivity contribution < 1.29 is 9.47 Å². The third kappa shape index (κ3) is 3.11. The Hall–Kier alpha value is -2.33. The van der Waals surface area contributed by atoms with Gasteiger partial charge in [0.05, 0.1) is 29.4 Å². The molecule has 6 nitrogen and oxygen atoms in total. The lowest BCUT2D eigenvalue weighted by atomic mass is 10.2. The monoisotopic (exact) mass is 320 g/mol. The number of methoxy groups -OCH3 is 1. The standard InChI is InChI=1S/C12H9BrN4O2/c1-18-8-2-7(5-14)3-9(4-8)19-11-10(13)6-16-12(15)17-11/h2-4,6H,1H3,(H2,15,16,17). The zero-order valence-corrected chi connectivity index (χ0v) is 11.5. The smallest absolute Gasteiger partial charge is 0.238 e. The van der Waals surface area contributed by atoms with Crippen LogP contribution in [0.2, 0.25) is 0 Å². The summed E-state index contributed by atoms with van der Waals surface area (Å²) in [4.78, 5) is 7.76. The molecule has 2 N–H and O–H groups in total. The number of nitrogens with zero attached hydrogens (tertiary/aromatic N) is 3. The van der Waals surface area contributed by atoms with Crippen molar-refractivity contribution in [2.24, 2.45) is 0 Å². The molecule has 0 amide bonds. The molecule has 0 aliphatic rings. The van der Waals surface area contributed by atoms with Crippen LogP contribution >= 0.6 is 15.9 Å². The van der Waals surface area contributed by atoms with Crippen molar-refractivity contribution in [3.63, 3.8) is 0 Å². The number of hydrogen-bond donors (Lipinski definition) is 1. The number of nitrogens with two attached hydrogens (primary N) is 1. The lowest BCUT2D eigenvalue weighted by Crippen LogP contribution is -1.98. The zero-order chi connectivity index (χ0) is 13.8. The van der Waals surface area contributed by atoms with Gasteiger partial charge in [-0.3, -0.25) is 0 Å². The highest BCUT2D eigenvalue weighted by Crippen LogP contribution is 2.30. The molecule has 0 spiro atoms. The molecule has 2 rings (SSSR count). The molecule has 1 aromatic heterocycles. The maximum absolute atomic E-state index is 8.93. The second-order valence-corrected chi connectivity index (χ2v) is 4.35. The second-order valence-electron chi connectivity index (χ2n) is 3.49. The van der Waals surface area contributed by atoms with Gasteiger partial charge in [-0.15, -0.1) is 0 Å². The highest BCUT2D eigenvalue weighted by atomic mass is 79.9. The molecule has 1 aromatic carbocycles. The molecule has 0 unspecified atom stereocenters. The van der Waals surface area contributed by atoms with Crippen LogP contribution in [0.4, 0.5) is 5.95 Å². The summed E-state index contributed by atoms with van der Waals surface area (Å²) >= 11 is 3.26. The molecule has 0 atom stereocenters. The van der Waals surface area contributed by atoms with Gasteiger partial charge in [0.1, 0.15) is 11.5 Å². The molecule has 0 saturated heterocycles. The first kappa shape index (κ1) is 13.1. The quantitative estimate of drug-likeness (QED) is 0.933. The maximum Gasteiger partial charge on any atom is 0.238 e. The summed E-state index contributed by atoms with van der Waals surface area (Å²) in [5, 5.41) is 8.93. The average molecular weight is 321 g/mol. The minimum Gasteiger partial charge on any atom is -0.497 e. The first-order valence-corrected chi connectivity index (χ1v) is 5.96. The van der Waals surface area contributed by atoms with E-state index in [9.17, 15) is 0 Å². The lowest BCUT2D eigenvalue weighted by molar-refractivity contribution is 0.407. The molecule has 0 fully saturated rings. The van der Waals surface area contributed by atoms with Crippen molar-refractivity contribution in [1.82, 2.24) is 9.97 Å². The van der Waals surface area contributed by atoms with Crippen LogP contribution in [0.25, 0.3) is 0 Å². The Morgan fingerprint density at radius 1 is 1.32 bits per heavy atom. The predicted molar refractivity (Wildman–Crippen MR) is 71.9 cm³/mol. The van der Waals surface area contributed by atoms with Gasteiger partial charge in [-0.2, -0.15) is 10.2 Å². The molecule has 0 saturated carbocycles. The normalized spacial score (nSPS) is 9.74. The van der Waals surface area contributed by atoms with Crippen molar-refractivity contribution >= 4 is 21.9 Å². The van der Waals surface area contributed by atoms with E-state index in [1.54, 1.807) is 18.2 Å². The molecule has 0 aliphatic carbocycles. The molecule has 7 heteroatoms. The van der Waals surface area contributed by atoms with Crippen LogP contribution in [0.5, 0.6) is 17.4 Å². The van der Waals surface area contributed by atoms with E-state index in [0.29, 0.717) is 21.5 Å². The van der Waals surface area contributed by atoms with E-state index in [1.807, 2.05) is 6.07 Å². The number of rotatable bonds is 3. The number of hydrogen-bond acceptors (Lipinski definition) is 6. The van der Waals surface area contributed by atoms with E-state index in [0.717, 1.165) is 0 Å². The molecule has 19 heavy (non-hydrogen) atoms. The molecule has 96 valence electrons. The van der Waals surface area contributed by atoms with Crippen molar-refractivity contribution in [2.45, 2.75) is 0 Å². The number of ether oxygens (including phenoxy) is 2. The molecule has 1 heterocycles. The van der Waals surface area contributed by atoms with Crippen molar-refractivity contribution in [3.8, 4) is 23.4 Å². The topological polar surface area (TPSA) is 94.0 Å². The highest BCUT2D eigenvalue weighted by Gasteiger charge is 2.08. The van der Waals surface area contributed by atoms with Crippen molar-refractivity contribution in [1.29, 1.82) is 5.26 Å². The molecule has 2 aromatic rings. The highest BCUT2D eigenvalue weighted by molar-refractivity contribution is 9.10. The Labute approximate surface area is 117 Å². The van der Waals surface area contributed by atoms with E-state index >= 15 is 0 Å². The van der Waals surface area contributed by atoms with Crippen LogP contribution in [0.15, 0.2) is 28.9 Å². The first-order chi connectivity index (χ1) is 9.12. The van der Waals surface area contributed by atoms with Crippen LogP contribution in [0, 0.1) is 11.3 Å². The first-order valence-electron chi connectivity index (χ1n) is 5.17. The van der Waals surface area contributed by atoms with E-state index in [-0.39, 0.29) is 11.8 Å². The van der Waals surface area contributed by atoms with E-state index in [1.165, 1.54) is 13.3 Å². The summed E-state index contributed by atoms with van der Waals surface area (Å²) < 4.78 is 11.2. The summed E-state index contributed by atoms with van der Waals surface area (Å²) in [7, 11) is 1.51. The Bertz CT molecular complexity index is 655. The lowest BCUT2D eigenvalue weighted by Gasteiger charge is -2.08. The van der Waals surface area contributed by atoms with Gasteiger partial charge in [0, 0.05) is 6.07 Å². The Balaban J connectivity index is 2.38. The fraction of sp³-hybridized carbons (Fsp3) is 0.0833. The number of halogens is 1. The second kappa shape index (κ2) is 5.54. The summed E-state index contributed by atoms with van der Waals surface area (Å²) in [5.41, 5.74) is 5.92. The van der Waals surface area contributed by atoms with Crippen LogP contribution in [-0.2, 0) is 0 Å². The van der Waals surface area contributed by atoms with Crippen LogP contribution in [0.3, 0.4) is 0 Å². The van der Waals surface area contributed by atoms with Crippen molar-refractivity contribution in [3.05, 3.63) is 34.4 Å². The number of aromatic nitrogens is 2. The minimum atomic E-state index is 0.0987. The fourth-order valence-corrected chi connectivity index (χ4v) is 1.63. The number of nitrogen functional groups attached to an aromatic ring is 1. The van der Waals surface area contributed by atoms with Gasteiger partial charge in [0.15, 0.2) is 0 Å². The Morgan fingerprint density at radius 2 is 2.05 bits per heavy atom. The number of anilines is 1. The largest absolute Gasteiger partial charge is 0.497 e. The minimum absolute atomic E-state index is 0.0987. The SMILES string of the molecule is COc1cc(C#N)cc(Oc2nc(N)ncc2Br)c1. The third-order valence-electron chi connectivity index (χ3n) is 2.19. The summed E-state index contributed by atoms with van der Waals surface area (Å²) in [6.07, 6.45) is 1.49. The van der Waals surface area contributed by atoms with E-state index in [4.69, 9.17) is 20.5 Å². The Morgan fingerprint density at radius 3 is 2.74 bits per heavy atom. The molecule has 0 aliphatic heterocycles. The Kier molecular flexibility index (Phi) is 3.82. The van der Waals surface area contributed by atoms with Gasteiger partial charge < -0.3 is 15.2 Å². The van der Waals surface area contributed by atoms with E-state index < -0.39 is 0 Å². The summed E-state index contributed by atoms with van der Waals surface area (Å²) in [6.45, 7) is 0. The van der Waals surface area contributed by atoms with Gasteiger partial charge >= 0.3 is 0 Å². The fourth-order valence-electron chi connectivity index (χ4n) is 1.36. The number of benzene rings is 1. The predicted octanol–water partition coefficient (Wildman–Crippen LogP) is 2.49. The summed E-state index contributed by atoms with van der Waals surface area (Å²) in [5.74, 6) is 1.31. The molecular formula is C12H9BrN4O2. The van der Waals surface area contributed by atoms with Gasteiger partial charge in [-0.05, 0) is 28.1 Å². The third-order valence-corrected chi connectivity index (χ3v) is 2.73. The van der Waals surface area contributed by atoms with Gasteiger partial charge in [0.25, 0.3) is 0 Å². The summed E-state index contributed by atoms with van der Waals surface area (Å²) in [6, 6.07) is 6.85. The van der Waals surface area contributed by atoms with Crippen LogP contribution < -0.4 is 15.2 Å². The number of nitriles is 1.